The number of imide groups is 1. The molecule has 1 aromatic heterocycles. The maximum atomic E-state index is 12.1. The van der Waals surface area contributed by atoms with Crippen molar-refractivity contribution in [1.82, 2.24) is 4.90 Å². The largest absolute Gasteiger partial charge is 0.382 e. The van der Waals surface area contributed by atoms with Crippen molar-refractivity contribution in [2.75, 3.05) is 19.8 Å². The molecule has 0 saturated carbocycles. The van der Waals surface area contributed by atoms with Gasteiger partial charge in [-0.2, -0.15) is 0 Å². The van der Waals surface area contributed by atoms with Crippen molar-refractivity contribution >= 4 is 55.0 Å². The average molecular weight is 397 g/mol. The van der Waals surface area contributed by atoms with Crippen molar-refractivity contribution in [2.45, 2.75) is 13.3 Å². The quantitative estimate of drug-likeness (QED) is 0.566. The molecule has 18 heavy (non-hydrogen) atoms. The fourth-order valence-corrected chi connectivity index (χ4v) is 4.89. The number of carbonyl (C=O) groups excluding carboxylic acids is 2. The Bertz CT molecular complexity index is 464. The molecule has 1 aliphatic heterocycles. The summed E-state index contributed by atoms with van der Waals surface area (Å²) in [5, 5.41) is 0. The third kappa shape index (κ3) is 2.41. The molecule has 2 heterocycles. The van der Waals surface area contributed by atoms with Crippen LogP contribution in [0.25, 0.3) is 0 Å². The summed E-state index contributed by atoms with van der Waals surface area (Å²) in [5.41, 5.74) is 0.960. The minimum atomic E-state index is -0.222. The maximum Gasteiger partial charge on any atom is 0.263 e. The molecule has 0 unspecified atom stereocenters. The van der Waals surface area contributed by atoms with Crippen LogP contribution >= 0.6 is 43.2 Å². The Morgan fingerprint density at radius 1 is 1.17 bits per heavy atom. The van der Waals surface area contributed by atoms with E-state index in [1.807, 2.05) is 6.92 Å². The average Bonchev–Trinajstić information content (AvgIpc) is 2.75. The molecule has 0 saturated heterocycles. The van der Waals surface area contributed by atoms with Gasteiger partial charge in [-0.25, -0.2) is 0 Å². The second-order valence-electron chi connectivity index (χ2n) is 3.71. The van der Waals surface area contributed by atoms with E-state index in [1.54, 1.807) is 0 Å². The lowest BCUT2D eigenvalue weighted by Crippen LogP contribution is -2.31. The molecule has 4 nitrogen and oxygen atoms in total. The van der Waals surface area contributed by atoms with Gasteiger partial charge in [0, 0.05) is 19.8 Å². The van der Waals surface area contributed by atoms with E-state index in [4.69, 9.17) is 4.74 Å². The number of halogens is 2. The fraction of sp³-hybridized carbons (Fsp3) is 0.455. The van der Waals surface area contributed by atoms with Crippen LogP contribution in [0.5, 0.6) is 0 Å². The third-order valence-corrected chi connectivity index (χ3v) is 5.15. The summed E-state index contributed by atoms with van der Waals surface area (Å²) in [6.45, 7) is 3.52. The molecule has 2 rings (SSSR count). The van der Waals surface area contributed by atoms with E-state index >= 15 is 0 Å². The van der Waals surface area contributed by atoms with E-state index in [2.05, 4.69) is 31.9 Å². The number of carbonyl (C=O) groups is 2. The number of fused-ring (bicyclic) bond motifs is 1. The van der Waals surface area contributed by atoms with Gasteiger partial charge < -0.3 is 4.74 Å². The molecular weight excluding hydrogens is 386 g/mol. The van der Waals surface area contributed by atoms with Gasteiger partial charge in [-0.15, -0.1) is 11.3 Å². The van der Waals surface area contributed by atoms with E-state index in [0.717, 1.165) is 0 Å². The normalized spacial score (nSPS) is 14.5. The first-order valence-corrected chi connectivity index (χ1v) is 7.89. The second kappa shape index (κ2) is 5.81. The number of thiophene rings is 1. The predicted molar refractivity (Wildman–Crippen MR) is 76.2 cm³/mol. The van der Waals surface area contributed by atoms with Crippen LogP contribution in [-0.2, 0) is 4.74 Å². The summed E-state index contributed by atoms with van der Waals surface area (Å²) >= 11 is 7.99. The Balaban J connectivity index is 2.11. The van der Waals surface area contributed by atoms with Crippen LogP contribution in [0.15, 0.2) is 7.57 Å². The number of amides is 2. The molecule has 0 N–H and O–H groups in total. The van der Waals surface area contributed by atoms with Gasteiger partial charge in [-0.1, -0.05) is 0 Å². The fourth-order valence-electron chi connectivity index (χ4n) is 1.79. The number of rotatable bonds is 5. The molecule has 98 valence electrons. The first-order valence-electron chi connectivity index (χ1n) is 5.49. The second-order valence-corrected chi connectivity index (χ2v) is 7.37. The Labute approximate surface area is 126 Å². The number of hydrogen-bond donors (Lipinski definition) is 0. The van der Waals surface area contributed by atoms with Gasteiger partial charge in [0.1, 0.15) is 0 Å². The molecule has 0 radical (unpaired) electrons. The molecule has 2 amide bonds. The van der Waals surface area contributed by atoms with E-state index in [-0.39, 0.29) is 11.8 Å². The Morgan fingerprint density at radius 2 is 1.72 bits per heavy atom. The lowest BCUT2D eigenvalue weighted by molar-refractivity contribution is 0.0630. The molecule has 0 spiro atoms. The molecule has 1 aromatic rings. The van der Waals surface area contributed by atoms with Crippen LogP contribution in [0.3, 0.4) is 0 Å². The lowest BCUT2D eigenvalue weighted by Gasteiger charge is -2.13. The monoisotopic (exact) mass is 395 g/mol. The zero-order valence-corrected chi connectivity index (χ0v) is 13.7. The third-order valence-electron chi connectivity index (χ3n) is 2.61. The van der Waals surface area contributed by atoms with Crippen molar-refractivity contribution in [1.29, 1.82) is 0 Å². The van der Waals surface area contributed by atoms with Crippen molar-refractivity contribution in [3.05, 3.63) is 18.7 Å². The van der Waals surface area contributed by atoms with E-state index < -0.39 is 0 Å². The number of nitrogens with zero attached hydrogens (tertiary/aromatic N) is 1. The zero-order valence-electron chi connectivity index (χ0n) is 9.66. The van der Waals surface area contributed by atoms with Crippen molar-refractivity contribution in [3.63, 3.8) is 0 Å². The van der Waals surface area contributed by atoms with Gasteiger partial charge in [0.25, 0.3) is 11.8 Å². The van der Waals surface area contributed by atoms with E-state index in [0.29, 0.717) is 44.9 Å². The first-order chi connectivity index (χ1) is 8.57. The highest BCUT2D eigenvalue weighted by Gasteiger charge is 2.40. The number of ether oxygens (including phenoxy) is 1. The van der Waals surface area contributed by atoms with Crippen molar-refractivity contribution in [3.8, 4) is 0 Å². The molecule has 7 heteroatoms. The van der Waals surface area contributed by atoms with Crippen molar-refractivity contribution in [2.24, 2.45) is 0 Å². The van der Waals surface area contributed by atoms with Crippen molar-refractivity contribution < 1.29 is 14.3 Å². The van der Waals surface area contributed by atoms with Gasteiger partial charge >= 0.3 is 0 Å². The van der Waals surface area contributed by atoms with E-state index in [1.165, 1.54) is 16.2 Å². The summed E-state index contributed by atoms with van der Waals surface area (Å²) in [7, 11) is 0. The van der Waals surface area contributed by atoms with Crippen LogP contribution in [-0.4, -0.2) is 36.5 Å². The van der Waals surface area contributed by atoms with Gasteiger partial charge in [0.2, 0.25) is 0 Å². The zero-order chi connectivity index (χ0) is 13.3. The summed E-state index contributed by atoms with van der Waals surface area (Å²) in [5.74, 6) is -0.444. The molecule has 0 bridgehead atoms. The molecule has 0 aliphatic carbocycles. The highest BCUT2D eigenvalue weighted by molar-refractivity contribution is 9.12. The highest BCUT2D eigenvalue weighted by Crippen LogP contribution is 2.41. The van der Waals surface area contributed by atoms with Crippen LogP contribution in [0.2, 0.25) is 0 Å². The highest BCUT2D eigenvalue weighted by atomic mass is 79.9. The minimum Gasteiger partial charge on any atom is -0.382 e. The van der Waals surface area contributed by atoms with Crippen LogP contribution < -0.4 is 0 Å². The SMILES string of the molecule is CCOCCCN1C(=O)c2c(Br)sc(Br)c2C1=O. The molecular formula is C11H11Br2NO3S. The topological polar surface area (TPSA) is 46.6 Å². The lowest BCUT2D eigenvalue weighted by atomic mass is 10.2. The van der Waals surface area contributed by atoms with Crippen LogP contribution in [0, 0.1) is 0 Å². The van der Waals surface area contributed by atoms with Gasteiger partial charge in [0.15, 0.2) is 0 Å². The minimum absolute atomic E-state index is 0.222. The standard InChI is InChI=1S/C11H11Br2NO3S/c1-2-17-5-3-4-14-10(15)6-7(11(14)16)9(13)18-8(6)12/h2-5H2,1H3. The summed E-state index contributed by atoms with van der Waals surface area (Å²) in [6.07, 6.45) is 0.661. The summed E-state index contributed by atoms with van der Waals surface area (Å²) in [6, 6.07) is 0. The first kappa shape index (κ1) is 14.2. The predicted octanol–water partition coefficient (Wildman–Crippen LogP) is 3.30. The van der Waals surface area contributed by atoms with Gasteiger partial charge in [-0.3, -0.25) is 14.5 Å². The molecule has 0 fully saturated rings. The van der Waals surface area contributed by atoms with Gasteiger partial charge in [-0.05, 0) is 45.2 Å². The van der Waals surface area contributed by atoms with Gasteiger partial charge in [0.05, 0.1) is 18.7 Å². The Morgan fingerprint density at radius 3 is 2.22 bits per heavy atom. The number of hydrogen-bond acceptors (Lipinski definition) is 4. The Hall–Kier alpha value is -0.240. The van der Waals surface area contributed by atoms with E-state index in [9.17, 15) is 9.59 Å². The molecule has 1 aliphatic rings. The van der Waals surface area contributed by atoms with Crippen LogP contribution in [0.4, 0.5) is 0 Å². The van der Waals surface area contributed by atoms with Crippen LogP contribution in [0.1, 0.15) is 34.1 Å². The maximum absolute atomic E-state index is 12.1. The Kier molecular flexibility index (Phi) is 4.58. The smallest absolute Gasteiger partial charge is 0.263 e. The molecule has 0 atom stereocenters. The molecule has 0 aromatic carbocycles. The summed E-state index contributed by atoms with van der Waals surface area (Å²) < 4.78 is 6.61. The summed E-state index contributed by atoms with van der Waals surface area (Å²) in [4.78, 5) is 25.5.